The molecule has 2 aromatic rings. The third-order valence-electron chi connectivity index (χ3n) is 3.74. The van der Waals surface area contributed by atoms with Crippen molar-refractivity contribution in [1.29, 1.82) is 5.26 Å². The summed E-state index contributed by atoms with van der Waals surface area (Å²) in [6.07, 6.45) is 0.0592. The molecule has 0 heterocycles. The van der Waals surface area contributed by atoms with Crippen LogP contribution in [0, 0.1) is 11.3 Å². The molecule has 0 aromatic heterocycles. The molecule has 3 amide bonds. The summed E-state index contributed by atoms with van der Waals surface area (Å²) in [5.74, 6) is -0.737. The van der Waals surface area contributed by atoms with E-state index < -0.39 is 0 Å². The standard InChI is InChI=1S/C20H20N4O3/c1-14(25)22-17-7-5-8-18(12-17)24(15(2)26)11-10-20(27)23-19-9-4-3-6-16(19)13-21/h3-9,12H,10-11H2,1-2H3,(H,22,25)(H,23,27). The van der Waals surface area contributed by atoms with Crippen LogP contribution < -0.4 is 15.5 Å². The number of nitrogens with zero attached hydrogens (tertiary/aromatic N) is 2. The monoisotopic (exact) mass is 364 g/mol. The second kappa shape index (κ2) is 9.15. The maximum Gasteiger partial charge on any atom is 0.226 e. The van der Waals surface area contributed by atoms with Crippen LogP contribution in [0.25, 0.3) is 0 Å². The van der Waals surface area contributed by atoms with Crippen LogP contribution in [-0.4, -0.2) is 24.3 Å². The van der Waals surface area contributed by atoms with E-state index in [-0.39, 0.29) is 30.7 Å². The molecule has 0 unspecified atom stereocenters. The van der Waals surface area contributed by atoms with E-state index in [2.05, 4.69) is 10.6 Å². The second-order valence-electron chi connectivity index (χ2n) is 5.86. The average molecular weight is 364 g/mol. The highest BCUT2D eigenvalue weighted by atomic mass is 16.2. The number of amides is 3. The first-order valence-electron chi connectivity index (χ1n) is 8.35. The highest BCUT2D eigenvalue weighted by molar-refractivity contribution is 5.96. The van der Waals surface area contributed by atoms with Gasteiger partial charge in [0.2, 0.25) is 17.7 Å². The van der Waals surface area contributed by atoms with Crippen LogP contribution in [0.3, 0.4) is 0 Å². The van der Waals surface area contributed by atoms with Crippen molar-refractivity contribution in [3.63, 3.8) is 0 Å². The van der Waals surface area contributed by atoms with Crippen molar-refractivity contribution in [2.45, 2.75) is 20.3 Å². The molecule has 0 spiro atoms. The van der Waals surface area contributed by atoms with Crippen LogP contribution in [0.2, 0.25) is 0 Å². The van der Waals surface area contributed by atoms with Gasteiger partial charge < -0.3 is 15.5 Å². The highest BCUT2D eigenvalue weighted by Crippen LogP contribution is 2.20. The number of carbonyl (C=O) groups excluding carboxylic acids is 3. The summed E-state index contributed by atoms with van der Waals surface area (Å²) in [5.41, 5.74) is 1.96. The Bertz CT molecular complexity index is 902. The van der Waals surface area contributed by atoms with Crippen LogP contribution in [0.4, 0.5) is 17.1 Å². The number of nitriles is 1. The molecule has 0 aliphatic heterocycles. The topological polar surface area (TPSA) is 102 Å². The van der Waals surface area contributed by atoms with Gasteiger partial charge in [0.25, 0.3) is 0 Å². The molecular weight excluding hydrogens is 344 g/mol. The molecule has 0 fully saturated rings. The maximum atomic E-state index is 12.2. The summed E-state index contributed by atoms with van der Waals surface area (Å²) in [6, 6.07) is 15.6. The molecule has 0 bridgehead atoms. The Balaban J connectivity index is 2.06. The molecule has 0 aliphatic rings. The fourth-order valence-electron chi connectivity index (χ4n) is 2.54. The van der Waals surface area contributed by atoms with Crippen molar-refractivity contribution in [2.24, 2.45) is 0 Å². The Morgan fingerprint density at radius 2 is 1.78 bits per heavy atom. The summed E-state index contributed by atoms with van der Waals surface area (Å²) < 4.78 is 0. The summed E-state index contributed by atoms with van der Waals surface area (Å²) in [5, 5.41) is 14.4. The van der Waals surface area contributed by atoms with Gasteiger partial charge in [-0.1, -0.05) is 18.2 Å². The first-order valence-corrected chi connectivity index (χ1v) is 8.35. The Morgan fingerprint density at radius 1 is 1.04 bits per heavy atom. The van der Waals surface area contributed by atoms with Gasteiger partial charge in [-0.05, 0) is 30.3 Å². The zero-order valence-electron chi connectivity index (χ0n) is 15.2. The summed E-state index contributed by atoms with van der Waals surface area (Å²) in [6.45, 7) is 2.98. The first-order chi connectivity index (χ1) is 12.9. The minimum Gasteiger partial charge on any atom is -0.326 e. The third-order valence-corrected chi connectivity index (χ3v) is 3.74. The van der Waals surface area contributed by atoms with E-state index in [0.717, 1.165) is 0 Å². The van der Waals surface area contributed by atoms with Crippen molar-refractivity contribution in [1.82, 2.24) is 0 Å². The Morgan fingerprint density at radius 3 is 2.44 bits per heavy atom. The second-order valence-corrected chi connectivity index (χ2v) is 5.86. The molecule has 138 valence electrons. The van der Waals surface area contributed by atoms with Crippen LogP contribution >= 0.6 is 0 Å². The predicted octanol–water partition coefficient (Wildman–Crippen LogP) is 2.90. The maximum absolute atomic E-state index is 12.2. The quantitative estimate of drug-likeness (QED) is 0.822. The fraction of sp³-hybridized carbons (Fsp3) is 0.200. The van der Waals surface area contributed by atoms with E-state index in [1.54, 1.807) is 48.5 Å². The van der Waals surface area contributed by atoms with Gasteiger partial charge in [0.05, 0.1) is 11.3 Å². The van der Waals surface area contributed by atoms with Gasteiger partial charge in [-0.2, -0.15) is 5.26 Å². The molecule has 0 saturated carbocycles. The van der Waals surface area contributed by atoms with Crippen molar-refractivity contribution in [3.8, 4) is 6.07 Å². The van der Waals surface area contributed by atoms with E-state index in [9.17, 15) is 14.4 Å². The normalized spacial score (nSPS) is 9.81. The summed E-state index contributed by atoms with van der Waals surface area (Å²) in [4.78, 5) is 36.9. The van der Waals surface area contributed by atoms with E-state index in [1.807, 2.05) is 6.07 Å². The minimum atomic E-state index is -0.304. The van der Waals surface area contributed by atoms with Crippen molar-refractivity contribution < 1.29 is 14.4 Å². The van der Waals surface area contributed by atoms with Gasteiger partial charge >= 0.3 is 0 Å². The first kappa shape index (κ1) is 19.7. The molecule has 7 heteroatoms. The zero-order chi connectivity index (χ0) is 19.8. The van der Waals surface area contributed by atoms with Gasteiger partial charge in [0.1, 0.15) is 6.07 Å². The number of hydrogen-bond acceptors (Lipinski definition) is 4. The Hall–Kier alpha value is -3.66. The molecule has 0 atom stereocenters. The lowest BCUT2D eigenvalue weighted by Crippen LogP contribution is -2.32. The van der Waals surface area contributed by atoms with Gasteiger partial charge in [-0.15, -0.1) is 0 Å². The number of benzene rings is 2. The number of carbonyl (C=O) groups is 3. The molecule has 2 aromatic carbocycles. The average Bonchev–Trinajstić information content (AvgIpc) is 2.62. The van der Waals surface area contributed by atoms with E-state index in [1.165, 1.54) is 18.7 Å². The lowest BCUT2D eigenvalue weighted by Gasteiger charge is -2.21. The van der Waals surface area contributed by atoms with Crippen LogP contribution in [0.15, 0.2) is 48.5 Å². The molecule has 2 rings (SSSR count). The van der Waals surface area contributed by atoms with Crippen LogP contribution in [0.5, 0.6) is 0 Å². The number of rotatable bonds is 6. The molecule has 0 saturated heterocycles. The minimum absolute atomic E-state index is 0.0592. The molecule has 27 heavy (non-hydrogen) atoms. The van der Waals surface area contributed by atoms with Crippen LogP contribution in [0.1, 0.15) is 25.8 Å². The number of anilines is 3. The fourth-order valence-corrected chi connectivity index (χ4v) is 2.54. The lowest BCUT2D eigenvalue weighted by molar-refractivity contribution is -0.117. The van der Waals surface area contributed by atoms with Crippen LogP contribution in [-0.2, 0) is 14.4 Å². The smallest absolute Gasteiger partial charge is 0.226 e. The Labute approximate surface area is 157 Å². The zero-order valence-corrected chi connectivity index (χ0v) is 15.2. The SMILES string of the molecule is CC(=O)Nc1cccc(N(CCC(=O)Nc2ccccc2C#N)C(C)=O)c1. The van der Waals surface area contributed by atoms with Crippen molar-refractivity contribution in [2.75, 3.05) is 22.1 Å². The third kappa shape index (κ3) is 5.68. The van der Waals surface area contributed by atoms with E-state index >= 15 is 0 Å². The van der Waals surface area contributed by atoms with E-state index in [0.29, 0.717) is 22.6 Å². The predicted molar refractivity (Wildman–Crippen MR) is 103 cm³/mol. The largest absolute Gasteiger partial charge is 0.326 e. The molecular formula is C20H20N4O3. The van der Waals surface area contributed by atoms with Gasteiger partial charge in [0, 0.05) is 38.2 Å². The van der Waals surface area contributed by atoms with E-state index in [4.69, 9.17) is 5.26 Å². The highest BCUT2D eigenvalue weighted by Gasteiger charge is 2.15. The van der Waals surface area contributed by atoms with Gasteiger partial charge in [-0.3, -0.25) is 14.4 Å². The van der Waals surface area contributed by atoms with Gasteiger partial charge in [-0.25, -0.2) is 0 Å². The molecule has 0 radical (unpaired) electrons. The molecule has 2 N–H and O–H groups in total. The van der Waals surface area contributed by atoms with Gasteiger partial charge in [0.15, 0.2) is 0 Å². The summed E-state index contributed by atoms with van der Waals surface area (Å²) in [7, 11) is 0. The lowest BCUT2D eigenvalue weighted by atomic mass is 10.2. The number of nitrogens with one attached hydrogen (secondary N) is 2. The number of para-hydroxylation sites is 1. The molecule has 0 aliphatic carbocycles. The Kier molecular flexibility index (Phi) is 6.67. The van der Waals surface area contributed by atoms with Crippen molar-refractivity contribution in [3.05, 3.63) is 54.1 Å². The molecule has 7 nitrogen and oxygen atoms in total. The number of hydrogen-bond donors (Lipinski definition) is 2. The summed E-state index contributed by atoms with van der Waals surface area (Å²) >= 11 is 0. The van der Waals surface area contributed by atoms with Crippen molar-refractivity contribution >= 4 is 34.8 Å².